The summed E-state index contributed by atoms with van der Waals surface area (Å²) in [6, 6.07) is 4.95. The molecule has 2 rings (SSSR count). The van der Waals surface area contributed by atoms with Crippen molar-refractivity contribution < 1.29 is 4.39 Å². The first-order valence-corrected chi connectivity index (χ1v) is 7.99. The Hall–Kier alpha value is -0.270. The lowest BCUT2D eigenvalue weighted by Gasteiger charge is -2.33. The van der Waals surface area contributed by atoms with Crippen molar-refractivity contribution >= 4 is 23.2 Å². The molecule has 3 heteroatoms. The molecule has 1 aliphatic rings. The Bertz CT molecular complexity index is 419. The van der Waals surface area contributed by atoms with Crippen molar-refractivity contribution in [1.29, 1.82) is 0 Å². The predicted octanol–water partition coefficient (Wildman–Crippen LogP) is 5.85. The van der Waals surface area contributed by atoms with Crippen molar-refractivity contribution in [3.8, 4) is 0 Å². The van der Waals surface area contributed by atoms with E-state index in [-0.39, 0.29) is 11.2 Å². The molecule has 0 aromatic heterocycles. The first kappa shape index (κ1) is 15.1. The van der Waals surface area contributed by atoms with Crippen molar-refractivity contribution in [3.05, 3.63) is 34.6 Å². The normalized spacial score (nSPS) is 27.5. The molecule has 0 spiro atoms. The summed E-state index contributed by atoms with van der Waals surface area (Å²) in [5.41, 5.74) is 0.747. The largest absolute Gasteiger partial charge is 0.207 e. The highest BCUT2D eigenvalue weighted by Crippen LogP contribution is 2.37. The second-order valence-electron chi connectivity index (χ2n) is 5.68. The molecule has 0 heterocycles. The van der Waals surface area contributed by atoms with Crippen LogP contribution in [0.3, 0.4) is 0 Å². The van der Waals surface area contributed by atoms with E-state index in [0.29, 0.717) is 10.9 Å². The van der Waals surface area contributed by atoms with E-state index in [1.54, 1.807) is 12.1 Å². The molecule has 1 aliphatic carbocycles. The molecule has 0 bridgehead atoms. The van der Waals surface area contributed by atoms with Crippen LogP contribution in [0, 0.1) is 17.7 Å². The minimum Gasteiger partial charge on any atom is -0.207 e. The summed E-state index contributed by atoms with van der Waals surface area (Å²) < 4.78 is 13.9. The van der Waals surface area contributed by atoms with Crippen LogP contribution in [0.4, 0.5) is 4.39 Å². The van der Waals surface area contributed by atoms with Gasteiger partial charge in [-0.1, -0.05) is 37.4 Å². The van der Waals surface area contributed by atoms with Gasteiger partial charge in [0.15, 0.2) is 0 Å². The number of rotatable bonds is 4. The van der Waals surface area contributed by atoms with Gasteiger partial charge in [0.25, 0.3) is 0 Å². The topological polar surface area (TPSA) is 0 Å². The van der Waals surface area contributed by atoms with Gasteiger partial charge in [0.2, 0.25) is 0 Å². The monoisotopic (exact) mass is 302 g/mol. The van der Waals surface area contributed by atoms with E-state index in [0.717, 1.165) is 30.7 Å². The van der Waals surface area contributed by atoms with Crippen LogP contribution in [0.5, 0.6) is 0 Å². The first-order valence-electron chi connectivity index (χ1n) is 7.18. The highest BCUT2D eigenvalue weighted by atomic mass is 35.5. The lowest BCUT2D eigenvalue weighted by molar-refractivity contribution is 0.256. The summed E-state index contributed by atoms with van der Waals surface area (Å²) >= 11 is 12.2. The number of alkyl halides is 1. The Labute approximate surface area is 125 Å². The van der Waals surface area contributed by atoms with Crippen LogP contribution in [0.1, 0.15) is 44.6 Å². The molecule has 0 aliphatic heterocycles. The maximum absolute atomic E-state index is 13.9. The van der Waals surface area contributed by atoms with Gasteiger partial charge in [-0.2, -0.15) is 0 Å². The summed E-state index contributed by atoms with van der Waals surface area (Å²) in [4.78, 5) is 0. The molecule has 19 heavy (non-hydrogen) atoms. The minimum atomic E-state index is -0.200. The zero-order valence-corrected chi connectivity index (χ0v) is 12.9. The molecule has 3 atom stereocenters. The van der Waals surface area contributed by atoms with Gasteiger partial charge < -0.3 is 0 Å². The third-order valence-corrected chi connectivity index (χ3v) is 5.00. The average molecular weight is 303 g/mol. The van der Waals surface area contributed by atoms with Crippen molar-refractivity contribution in [1.82, 2.24) is 0 Å². The average Bonchev–Trinajstić information content (AvgIpc) is 2.37. The molecule has 1 aromatic rings. The van der Waals surface area contributed by atoms with Gasteiger partial charge in [0.1, 0.15) is 5.82 Å². The minimum absolute atomic E-state index is 0.184. The van der Waals surface area contributed by atoms with Gasteiger partial charge in [0, 0.05) is 10.4 Å². The van der Waals surface area contributed by atoms with E-state index >= 15 is 0 Å². The standard InChI is InChI=1S/C16H21Cl2F/c1-2-3-11-4-7-15(18)13(8-11)9-12-5-6-14(17)10-16(12)19/h5-6,10-11,13,15H,2-4,7-9H2,1H3. The van der Waals surface area contributed by atoms with Gasteiger partial charge in [-0.3, -0.25) is 0 Å². The molecule has 0 saturated heterocycles. The third-order valence-electron chi connectivity index (χ3n) is 4.19. The van der Waals surface area contributed by atoms with Crippen molar-refractivity contribution in [2.45, 2.75) is 50.8 Å². The van der Waals surface area contributed by atoms with Gasteiger partial charge >= 0.3 is 0 Å². The first-order chi connectivity index (χ1) is 9.10. The molecule has 1 saturated carbocycles. The second-order valence-corrected chi connectivity index (χ2v) is 6.68. The lowest BCUT2D eigenvalue weighted by atomic mass is 9.76. The van der Waals surface area contributed by atoms with Gasteiger partial charge in [0.05, 0.1) is 0 Å². The maximum Gasteiger partial charge on any atom is 0.127 e. The summed E-state index contributed by atoms with van der Waals surface area (Å²) in [5.74, 6) is 0.956. The molecule has 0 amide bonds. The van der Waals surface area contributed by atoms with Crippen LogP contribution in [-0.2, 0) is 6.42 Å². The number of hydrogen-bond donors (Lipinski definition) is 0. The Balaban J connectivity index is 2.03. The Kier molecular flexibility index (Phi) is 5.53. The van der Waals surface area contributed by atoms with E-state index in [1.165, 1.54) is 25.3 Å². The molecule has 106 valence electrons. The fourth-order valence-corrected chi connectivity index (χ4v) is 3.65. The predicted molar refractivity (Wildman–Crippen MR) is 80.5 cm³/mol. The number of benzene rings is 1. The van der Waals surface area contributed by atoms with Crippen LogP contribution < -0.4 is 0 Å². The van der Waals surface area contributed by atoms with E-state index in [1.807, 2.05) is 0 Å². The molecular formula is C16H21Cl2F. The van der Waals surface area contributed by atoms with Crippen LogP contribution in [0.15, 0.2) is 18.2 Å². The highest BCUT2D eigenvalue weighted by Gasteiger charge is 2.29. The van der Waals surface area contributed by atoms with Gasteiger partial charge in [-0.25, -0.2) is 4.39 Å². The summed E-state index contributed by atoms with van der Waals surface area (Å²) in [6.07, 6.45) is 6.64. The number of halogens is 3. The smallest absolute Gasteiger partial charge is 0.127 e. The highest BCUT2D eigenvalue weighted by molar-refractivity contribution is 6.30. The van der Waals surface area contributed by atoms with Crippen LogP contribution in [-0.4, -0.2) is 5.38 Å². The third kappa shape index (κ3) is 4.10. The Morgan fingerprint density at radius 3 is 2.79 bits per heavy atom. The molecule has 1 aromatic carbocycles. The SMILES string of the molecule is CCCC1CCC(Cl)C(Cc2ccc(Cl)cc2F)C1. The molecule has 0 N–H and O–H groups in total. The summed E-state index contributed by atoms with van der Waals surface area (Å²) in [5, 5.41) is 0.638. The zero-order valence-electron chi connectivity index (χ0n) is 11.3. The molecular weight excluding hydrogens is 282 g/mol. The molecule has 3 unspecified atom stereocenters. The fraction of sp³-hybridized carbons (Fsp3) is 0.625. The molecule has 0 nitrogen and oxygen atoms in total. The van der Waals surface area contributed by atoms with Crippen molar-refractivity contribution in [3.63, 3.8) is 0 Å². The van der Waals surface area contributed by atoms with E-state index in [2.05, 4.69) is 6.92 Å². The Morgan fingerprint density at radius 2 is 2.11 bits per heavy atom. The van der Waals surface area contributed by atoms with E-state index < -0.39 is 0 Å². The summed E-state index contributed by atoms with van der Waals surface area (Å²) in [7, 11) is 0. The maximum atomic E-state index is 13.9. The van der Waals surface area contributed by atoms with E-state index in [9.17, 15) is 4.39 Å². The molecule has 1 fully saturated rings. The van der Waals surface area contributed by atoms with Crippen molar-refractivity contribution in [2.24, 2.45) is 11.8 Å². The van der Waals surface area contributed by atoms with Gasteiger partial charge in [-0.05, 0) is 55.2 Å². The number of hydrogen-bond acceptors (Lipinski definition) is 0. The Morgan fingerprint density at radius 1 is 1.32 bits per heavy atom. The van der Waals surface area contributed by atoms with Crippen LogP contribution in [0.2, 0.25) is 5.02 Å². The summed E-state index contributed by atoms with van der Waals surface area (Å²) in [6.45, 7) is 2.22. The fourth-order valence-electron chi connectivity index (χ4n) is 3.18. The van der Waals surface area contributed by atoms with Crippen molar-refractivity contribution in [2.75, 3.05) is 0 Å². The van der Waals surface area contributed by atoms with Crippen LogP contribution in [0.25, 0.3) is 0 Å². The lowest BCUT2D eigenvalue weighted by Crippen LogP contribution is -2.27. The molecule has 0 radical (unpaired) electrons. The van der Waals surface area contributed by atoms with Crippen LogP contribution >= 0.6 is 23.2 Å². The zero-order chi connectivity index (χ0) is 13.8. The van der Waals surface area contributed by atoms with Gasteiger partial charge in [-0.15, -0.1) is 11.6 Å². The van der Waals surface area contributed by atoms with E-state index in [4.69, 9.17) is 23.2 Å². The second kappa shape index (κ2) is 6.95. The quantitative estimate of drug-likeness (QED) is 0.612.